The number of benzene rings is 1. The molecule has 0 aliphatic carbocycles. The van der Waals surface area contributed by atoms with Crippen LogP contribution in [0.25, 0.3) is 0 Å². The van der Waals surface area contributed by atoms with E-state index in [1.807, 2.05) is 27.0 Å². The molecule has 0 amide bonds. The van der Waals surface area contributed by atoms with Gasteiger partial charge >= 0.3 is 0 Å². The number of hydrogen-bond donors (Lipinski definition) is 1. The lowest BCUT2D eigenvalue weighted by atomic mass is 10.1. The predicted octanol–water partition coefficient (Wildman–Crippen LogP) is 1.78. The number of nitrogens with one attached hydrogen (secondary N) is 1. The van der Waals surface area contributed by atoms with E-state index in [-0.39, 0.29) is 5.82 Å². The first-order valence-corrected chi connectivity index (χ1v) is 7.00. The Morgan fingerprint density at radius 1 is 1.11 bits per heavy atom. The molecule has 0 unspecified atom stereocenters. The molecular formula is C15H24FN3. The van der Waals surface area contributed by atoms with Crippen LogP contribution in [0.2, 0.25) is 0 Å². The molecule has 2 rings (SSSR count). The third kappa shape index (κ3) is 3.45. The fourth-order valence-corrected chi connectivity index (χ4v) is 2.49. The molecule has 4 heteroatoms. The topological polar surface area (TPSA) is 18.5 Å². The second kappa shape index (κ2) is 6.35. The second-order valence-corrected chi connectivity index (χ2v) is 5.32. The molecule has 3 nitrogen and oxygen atoms in total. The smallest absolute Gasteiger partial charge is 0.146 e. The largest absolute Gasteiger partial charge is 0.367 e. The molecule has 106 valence electrons. The van der Waals surface area contributed by atoms with Crippen molar-refractivity contribution in [3.05, 3.63) is 29.1 Å². The zero-order valence-electron chi connectivity index (χ0n) is 12.2. The molecule has 0 saturated carbocycles. The highest BCUT2D eigenvalue weighted by Gasteiger charge is 2.19. The Morgan fingerprint density at radius 3 is 2.37 bits per heavy atom. The van der Waals surface area contributed by atoms with Crippen molar-refractivity contribution in [3.63, 3.8) is 0 Å². The molecule has 0 radical (unpaired) electrons. The average Bonchev–Trinajstić information content (AvgIpc) is 2.41. The van der Waals surface area contributed by atoms with Gasteiger partial charge in [0.1, 0.15) is 5.82 Å². The summed E-state index contributed by atoms with van der Waals surface area (Å²) in [4.78, 5) is 4.59. The Bertz CT molecular complexity index is 426. The van der Waals surface area contributed by atoms with E-state index in [2.05, 4.69) is 15.1 Å². The summed E-state index contributed by atoms with van der Waals surface area (Å²) < 4.78 is 14.0. The molecule has 0 bridgehead atoms. The van der Waals surface area contributed by atoms with E-state index in [4.69, 9.17) is 0 Å². The van der Waals surface area contributed by atoms with Gasteiger partial charge in [-0.2, -0.15) is 0 Å². The number of piperazine rings is 1. The van der Waals surface area contributed by atoms with Crippen LogP contribution in [0, 0.1) is 19.7 Å². The number of rotatable bonds is 4. The van der Waals surface area contributed by atoms with E-state index in [1.54, 1.807) is 6.07 Å². The Morgan fingerprint density at radius 2 is 1.74 bits per heavy atom. The number of hydrogen-bond acceptors (Lipinski definition) is 3. The maximum Gasteiger partial charge on any atom is 0.146 e. The summed E-state index contributed by atoms with van der Waals surface area (Å²) >= 11 is 0. The fourth-order valence-electron chi connectivity index (χ4n) is 2.49. The highest BCUT2D eigenvalue weighted by atomic mass is 19.1. The van der Waals surface area contributed by atoms with Gasteiger partial charge in [0.2, 0.25) is 0 Å². The van der Waals surface area contributed by atoms with Crippen molar-refractivity contribution < 1.29 is 4.39 Å². The van der Waals surface area contributed by atoms with Gasteiger partial charge in [0.25, 0.3) is 0 Å². The maximum atomic E-state index is 14.0. The minimum Gasteiger partial charge on any atom is -0.367 e. The van der Waals surface area contributed by atoms with Gasteiger partial charge < -0.3 is 10.2 Å². The SMILES string of the molecule is CNCCN1CCN(c2cc(C)c(C)cc2F)CC1. The minimum absolute atomic E-state index is 0.0909. The normalized spacial score (nSPS) is 16.9. The van der Waals surface area contributed by atoms with Crippen LogP contribution >= 0.6 is 0 Å². The number of aryl methyl sites for hydroxylation is 2. The van der Waals surface area contributed by atoms with Crippen LogP contribution < -0.4 is 10.2 Å². The molecule has 1 aromatic rings. The lowest BCUT2D eigenvalue weighted by Gasteiger charge is -2.36. The summed E-state index contributed by atoms with van der Waals surface area (Å²) in [5, 5.41) is 3.17. The van der Waals surface area contributed by atoms with Crippen LogP contribution in [0.4, 0.5) is 10.1 Å². The number of halogens is 1. The molecule has 1 aromatic carbocycles. The van der Waals surface area contributed by atoms with Crippen LogP contribution in [0.15, 0.2) is 12.1 Å². The van der Waals surface area contributed by atoms with Crippen molar-refractivity contribution in [3.8, 4) is 0 Å². The zero-order chi connectivity index (χ0) is 13.8. The van der Waals surface area contributed by atoms with Gasteiger partial charge in [-0.25, -0.2) is 4.39 Å². The molecule has 1 heterocycles. The first kappa shape index (κ1) is 14.3. The van der Waals surface area contributed by atoms with Crippen molar-refractivity contribution in [2.75, 3.05) is 51.2 Å². The van der Waals surface area contributed by atoms with Crippen LogP contribution in [-0.2, 0) is 0 Å². The molecule has 0 atom stereocenters. The summed E-state index contributed by atoms with van der Waals surface area (Å²) in [5.74, 6) is -0.0909. The second-order valence-electron chi connectivity index (χ2n) is 5.32. The Labute approximate surface area is 115 Å². The zero-order valence-corrected chi connectivity index (χ0v) is 12.2. The van der Waals surface area contributed by atoms with Gasteiger partial charge in [-0.1, -0.05) is 0 Å². The van der Waals surface area contributed by atoms with Gasteiger partial charge in [-0.05, 0) is 44.2 Å². The molecule has 1 fully saturated rings. The van der Waals surface area contributed by atoms with Crippen molar-refractivity contribution in [1.82, 2.24) is 10.2 Å². The van der Waals surface area contributed by atoms with E-state index < -0.39 is 0 Å². The van der Waals surface area contributed by atoms with Crippen molar-refractivity contribution in [2.45, 2.75) is 13.8 Å². The van der Waals surface area contributed by atoms with E-state index in [9.17, 15) is 4.39 Å². The Kier molecular flexibility index (Phi) is 4.77. The molecule has 1 N–H and O–H groups in total. The van der Waals surface area contributed by atoms with Crippen molar-refractivity contribution in [2.24, 2.45) is 0 Å². The molecule has 1 saturated heterocycles. The lowest BCUT2D eigenvalue weighted by Crippen LogP contribution is -2.48. The molecule has 1 aliphatic rings. The number of likely N-dealkylation sites (N-methyl/N-ethyl adjacent to an activating group) is 1. The number of nitrogens with zero attached hydrogens (tertiary/aromatic N) is 2. The van der Waals surface area contributed by atoms with Gasteiger partial charge in [0.15, 0.2) is 0 Å². The molecule has 19 heavy (non-hydrogen) atoms. The third-order valence-electron chi connectivity index (χ3n) is 3.95. The van der Waals surface area contributed by atoms with E-state index in [0.29, 0.717) is 0 Å². The van der Waals surface area contributed by atoms with Crippen LogP contribution in [-0.4, -0.2) is 51.2 Å². The van der Waals surface area contributed by atoms with Gasteiger partial charge in [0.05, 0.1) is 5.69 Å². The average molecular weight is 265 g/mol. The van der Waals surface area contributed by atoms with E-state index >= 15 is 0 Å². The summed E-state index contributed by atoms with van der Waals surface area (Å²) in [6, 6.07) is 3.63. The monoisotopic (exact) mass is 265 g/mol. The van der Waals surface area contributed by atoms with E-state index in [1.165, 1.54) is 0 Å². The first-order chi connectivity index (χ1) is 9.11. The van der Waals surface area contributed by atoms with Gasteiger partial charge in [-0.3, -0.25) is 4.90 Å². The minimum atomic E-state index is -0.0909. The predicted molar refractivity (Wildman–Crippen MR) is 78.5 cm³/mol. The summed E-state index contributed by atoms with van der Waals surface area (Å²) in [5.41, 5.74) is 2.94. The van der Waals surface area contributed by atoms with Crippen LogP contribution in [0.1, 0.15) is 11.1 Å². The molecular weight excluding hydrogens is 241 g/mol. The highest BCUT2D eigenvalue weighted by Crippen LogP contribution is 2.24. The molecule has 0 spiro atoms. The lowest BCUT2D eigenvalue weighted by molar-refractivity contribution is 0.259. The van der Waals surface area contributed by atoms with Crippen LogP contribution in [0.3, 0.4) is 0 Å². The first-order valence-electron chi connectivity index (χ1n) is 7.00. The Hall–Kier alpha value is -1.13. The van der Waals surface area contributed by atoms with Crippen molar-refractivity contribution in [1.29, 1.82) is 0 Å². The highest BCUT2D eigenvalue weighted by molar-refractivity contribution is 5.52. The van der Waals surface area contributed by atoms with Gasteiger partial charge in [-0.15, -0.1) is 0 Å². The summed E-state index contributed by atoms with van der Waals surface area (Å²) in [6.45, 7) is 9.91. The third-order valence-corrected chi connectivity index (χ3v) is 3.95. The maximum absolute atomic E-state index is 14.0. The van der Waals surface area contributed by atoms with Crippen molar-refractivity contribution >= 4 is 5.69 Å². The number of anilines is 1. The fraction of sp³-hybridized carbons (Fsp3) is 0.600. The molecule has 1 aliphatic heterocycles. The summed E-state index contributed by atoms with van der Waals surface area (Å²) in [7, 11) is 1.97. The quantitative estimate of drug-likeness (QED) is 0.895. The Balaban J connectivity index is 1.99. The standard InChI is InChI=1S/C15H24FN3/c1-12-10-14(16)15(11-13(12)2)19-8-6-18(7-9-19)5-4-17-3/h10-11,17H,4-9H2,1-3H3. The molecule has 0 aromatic heterocycles. The van der Waals surface area contributed by atoms with Crippen LogP contribution in [0.5, 0.6) is 0 Å². The van der Waals surface area contributed by atoms with E-state index in [0.717, 1.165) is 56.1 Å². The summed E-state index contributed by atoms with van der Waals surface area (Å²) in [6.07, 6.45) is 0. The van der Waals surface area contributed by atoms with Gasteiger partial charge in [0, 0.05) is 39.3 Å².